The number of rotatable bonds is 7. The van der Waals surface area contributed by atoms with Gasteiger partial charge in [0, 0.05) is 16.9 Å². The van der Waals surface area contributed by atoms with Gasteiger partial charge in [0.15, 0.2) is 11.5 Å². The number of ether oxygens (including phenoxy) is 2. The summed E-state index contributed by atoms with van der Waals surface area (Å²) in [7, 11) is 0. The first-order chi connectivity index (χ1) is 21.1. The summed E-state index contributed by atoms with van der Waals surface area (Å²) in [6.45, 7) is 12.2. The van der Waals surface area contributed by atoms with Crippen LogP contribution in [0.5, 0.6) is 11.5 Å². The summed E-state index contributed by atoms with van der Waals surface area (Å²) in [6, 6.07) is 1.71. The molecule has 5 rings (SSSR count). The normalized spacial score (nSPS) is 42.7. The van der Waals surface area contributed by atoms with Crippen LogP contribution in [0.25, 0.3) is 6.08 Å². The van der Waals surface area contributed by atoms with Crippen molar-refractivity contribution >= 4 is 6.08 Å². The number of phenols is 1. The zero-order valence-corrected chi connectivity index (χ0v) is 27.8. The van der Waals surface area contributed by atoms with Gasteiger partial charge >= 0.3 is 0 Å². The summed E-state index contributed by atoms with van der Waals surface area (Å²) in [5.74, 6) is -0.967. The van der Waals surface area contributed by atoms with E-state index < -0.39 is 82.9 Å². The number of fused-ring (bicyclic) bond motifs is 5. The van der Waals surface area contributed by atoms with Gasteiger partial charge in [-0.3, -0.25) is 0 Å². The molecule has 258 valence electrons. The minimum Gasteiger partial charge on any atom is -0.504 e. The molecular formula is C35H52O11. The van der Waals surface area contributed by atoms with Crippen molar-refractivity contribution in [3.63, 3.8) is 0 Å². The van der Waals surface area contributed by atoms with Gasteiger partial charge in [-0.1, -0.05) is 45.1 Å². The van der Waals surface area contributed by atoms with E-state index in [-0.39, 0.29) is 17.4 Å². The molecule has 0 bridgehead atoms. The van der Waals surface area contributed by atoms with E-state index in [9.17, 15) is 46.0 Å². The quantitative estimate of drug-likeness (QED) is 0.194. The van der Waals surface area contributed by atoms with Crippen LogP contribution in [0.4, 0.5) is 0 Å². The smallest absolute Gasteiger partial charge is 0.229 e. The molecule has 0 amide bonds. The van der Waals surface area contributed by atoms with Gasteiger partial charge in [-0.05, 0) is 80.9 Å². The molecule has 2 saturated carbocycles. The van der Waals surface area contributed by atoms with Crippen molar-refractivity contribution < 1.29 is 55.4 Å². The molecule has 0 radical (unpaired) electrons. The number of benzene rings is 1. The Bertz CT molecular complexity index is 1380. The maximum absolute atomic E-state index is 11.9. The third-order valence-corrected chi connectivity index (χ3v) is 12.2. The van der Waals surface area contributed by atoms with Crippen molar-refractivity contribution in [1.82, 2.24) is 0 Å². The first kappa shape index (κ1) is 35.3. The van der Waals surface area contributed by atoms with Gasteiger partial charge in [-0.2, -0.15) is 0 Å². The highest BCUT2D eigenvalue weighted by Gasteiger charge is 2.70. The summed E-state index contributed by atoms with van der Waals surface area (Å²) in [5, 5.41) is 96.7. The van der Waals surface area contributed by atoms with Crippen molar-refractivity contribution in [2.24, 2.45) is 22.7 Å². The van der Waals surface area contributed by atoms with Crippen molar-refractivity contribution in [2.75, 3.05) is 6.61 Å². The Morgan fingerprint density at radius 1 is 1.02 bits per heavy atom. The lowest BCUT2D eigenvalue weighted by Crippen LogP contribution is -2.60. The predicted molar refractivity (Wildman–Crippen MR) is 169 cm³/mol. The van der Waals surface area contributed by atoms with Crippen LogP contribution in [0.2, 0.25) is 0 Å². The minimum absolute atomic E-state index is 0.0170. The van der Waals surface area contributed by atoms with Gasteiger partial charge < -0.3 is 55.4 Å². The van der Waals surface area contributed by atoms with Gasteiger partial charge in [-0.15, -0.1) is 0 Å². The zero-order valence-electron chi connectivity index (χ0n) is 27.8. The van der Waals surface area contributed by atoms with E-state index in [0.29, 0.717) is 24.8 Å². The number of phenolic OH excluding ortho intramolecular Hbond substituents is 1. The van der Waals surface area contributed by atoms with Gasteiger partial charge in [0.2, 0.25) is 6.29 Å². The van der Waals surface area contributed by atoms with E-state index in [1.807, 2.05) is 6.08 Å². The Morgan fingerprint density at radius 3 is 2.28 bits per heavy atom. The number of allylic oxidation sites excluding steroid dienone is 1. The number of hydrogen-bond acceptors (Lipinski definition) is 11. The number of aliphatic hydroxyl groups excluding tert-OH is 6. The molecule has 3 aliphatic carbocycles. The average molecular weight is 649 g/mol. The van der Waals surface area contributed by atoms with Crippen LogP contribution in [0, 0.1) is 29.6 Å². The lowest BCUT2D eigenvalue weighted by atomic mass is 9.42. The summed E-state index contributed by atoms with van der Waals surface area (Å²) < 4.78 is 11.5. The van der Waals surface area contributed by atoms with E-state index in [1.54, 1.807) is 33.8 Å². The average Bonchev–Trinajstić information content (AvgIpc) is 3.19. The molecule has 1 heterocycles. The molecule has 9 N–H and O–H groups in total. The number of aliphatic hydroxyl groups is 8. The van der Waals surface area contributed by atoms with E-state index in [0.717, 1.165) is 11.1 Å². The fourth-order valence-corrected chi connectivity index (χ4v) is 9.38. The van der Waals surface area contributed by atoms with Gasteiger partial charge in [0.05, 0.1) is 23.9 Å². The molecule has 4 aliphatic rings. The Morgan fingerprint density at radius 2 is 1.67 bits per heavy atom. The Balaban J connectivity index is 1.51. The van der Waals surface area contributed by atoms with Gasteiger partial charge in [0.1, 0.15) is 30.5 Å². The fraction of sp³-hybridized carbons (Fsp3) is 0.714. The fourth-order valence-electron chi connectivity index (χ4n) is 9.38. The second kappa shape index (κ2) is 11.5. The van der Waals surface area contributed by atoms with Crippen LogP contribution in [0.3, 0.4) is 0 Å². The number of hydrogen-bond donors (Lipinski definition) is 9. The van der Waals surface area contributed by atoms with Crippen LogP contribution in [0.1, 0.15) is 77.5 Å². The lowest BCUT2D eigenvalue weighted by molar-refractivity contribution is -0.277. The molecular weight excluding hydrogens is 596 g/mol. The first-order valence-corrected chi connectivity index (χ1v) is 16.2. The summed E-state index contributed by atoms with van der Waals surface area (Å²) in [5.41, 5.74) is -2.29. The first-order valence-electron chi connectivity index (χ1n) is 16.2. The van der Waals surface area contributed by atoms with E-state index in [2.05, 4.69) is 26.8 Å². The standard InChI is InChI=1S/C35H52O11/c1-17-18-8-9-23-32(4,19(18)14-21(25(17)39)45-30-28(42)27(41)26(40)22(16-36)46-30)12-13-33(5)29(20(37)15-34(23,33)6)35(7,44)24(38)10-11-31(2,3)43/h8-11,14,20,22-24,26-30,36-44H,12-13,15-16H2,1-7H3. The summed E-state index contributed by atoms with van der Waals surface area (Å²) in [6.07, 6.45) is -1.20. The third kappa shape index (κ3) is 5.23. The van der Waals surface area contributed by atoms with Crippen molar-refractivity contribution in [3.05, 3.63) is 41.0 Å². The topological polar surface area (TPSA) is 201 Å². The lowest BCUT2D eigenvalue weighted by Gasteiger charge is -2.61. The molecule has 3 fully saturated rings. The second-order valence-corrected chi connectivity index (χ2v) is 15.6. The van der Waals surface area contributed by atoms with Crippen LogP contribution >= 0.6 is 0 Å². The molecule has 11 nitrogen and oxygen atoms in total. The zero-order chi connectivity index (χ0) is 34.4. The van der Waals surface area contributed by atoms with Crippen LogP contribution < -0.4 is 4.74 Å². The molecule has 1 aromatic carbocycles. The van der Waals surface area contributed by atoms with E-state index >= 15 is 0 Å². The Kier molecular flexibility index (Phi) is 8.84. The Hall–Kier alpha value is -2.06. The van der Waals surface area contributed by atoms with Gasteiger partial charge in [0.25, 0.3) is 0 Å². The molecule has 0 aromatic heterocycles. The molecule has 11 heteroatoms. The highest BCUT2D eigenvalue weighted by atomic mass is 16.7. The molecule has 1 aromatic rings. The van der Waals surface area contributed by atoms with E-state index in [1.165, 1.54) is 12.2 Å². The van der Waals surface area contributed by atoms with Crippen molar-refractivity contribution in [2.45, 2.75) is 127 Å². The SMILES string of the molecule is Cc1c(O)c(OC2OC(CO)C(O)C(O)C2O)cc2c1C=CC1C2(C)CCC2(C)C(C(C)(O)C(O)C=CC(C)(C)O)C(O)CC12C. The van der Waals surface area contributed by atoms with Crippen molar-refractivity contribution in [1.29, 1.82) is 0 Å². The minimum atomic E-state index is -1.70. The monoisotopic (exact) mass is 648 g/mol. The Labute approximate surface area is 270 Å². The van der Waals surface area contributed by atoms with E-state index in [4.69, 9.17) is 9.47 Å². The molecule has 13 unspecified atom stereocenters. The highest BCUT2D eigenvalue weighted by molar-refractivity contribution is 5.70. The maximum atomic E-state index is 11.9. The number of aromatic hydroxyl groups is 1. The van der Waals surface area contributed by atoms with Gasteiger partial charge in [-0.25, -0.2) is 0 Å². The predicted octanol–water partition coefficient (Wildman–Crippen LogP) is 1.41. The molecule has 0 spiro atoms. The second-order valence-electron chi connectivity index (χ2n) is 15.6. The third-order valence-electron chi connectivity index (χ3n) is 12.2. The largest absolute Gasteiger partial charge is 0.504 e. The molecule has 1 saturated heterocycles. The summed E-state index contributed by atoms with van der Waals surface area (Å²) >= 11 is 0. The molecule has 1 aliphatic heterocycles. The maximum Gasteiger partial charge on any atom is 0.229 e. The molecule has 13 atom stereocenters. The van der Waals surface area contributed by atoms with Crippen molar-refractivity contribution in [3.8, 4) is 11.5 Å². The van der Waals surface area contributed by atoms with Crippen LogP contribution in [-0.2, 0) is 10.2 Å². The molecule has 46 heavy (non-hydrogen) atoms. The van der Waals surface area contributed by atoms with Crippen LogP contribution in [-0.4, -0.2) is 107 Å². The summed E-state index contributed by atoms with van der Waals surface area (Å²) in [4.78, 5) is 0. The highest BCUT2D eigenvalue weighted by Crippen LogP contribution is 2.72. The van der Waals surface area contributed by atoms with Crippen LogP contribution in [0.15, 0.2) is 24.3 Å².